The molecule has 0 bridgehead atoms. The Labute approximate surface area is 204 Å². The number of nitrogens with zero attached hydrogens (tertiary/aromatic N) is 4. The normalized spacial score (nSPS) is 17.0. The minimum Gasteiger partial charge on any atom is -0.318 e. The maximum Gasteiger partial charge on any atom is 0.283 e. The lowest BCUT2D eigenvalue weighted by Gasteiger charge is -2.20. The second kappa shape index (κ2) is 8.44. The van der Waals surface area contributed by atoms with Crippen LogP contribution in [0.4, 0.5) is 0 Å². The number of fused-ring (bicyclic) bond motifs is 1. The van der Waals surface area contributed by atoms with E-state index in [1.165, 1.54) is 21.6 Å². The topological polar surface area (TPSA) is 73.8 Å². The number of hydrazone groups is 1. The van der Waals surface area contributed by atoms with E-state index in [-0.39, 0.29) is 11.4 Å². The fraction of sp³-hybridized carbons (Fsp3) is 0.167. The number of amidine groups is 2. The molecule has 6 nitrogen and oxygen atoms in total. The van der Waals surface area contributed by atoms with Crippen molar-refractivity contribution in [2.24, 2.45) is 10.1 Å². The molecule has 0 saturated heterocycles. The lowest BCUT2D eigenvalue weighted by atomic mass is 10.1. The molecule has 9 heteroatoms. The number of nitrogens with one attached hydrogen (secondary N) is 1. The van der Waals surface area contributed by atoms with Crippen LogP contribution in [0.3, 0.4) is 0 Å². The fourth-order valence-electron chi connectivity index (χ4n) is 3.96. The van der Waals surface area contributed by atoms with Crippen LogP contribution in [0.25, 0.3) is 11.8 Å². The van der Waals surface area contributed by atoms with Gasteiger partial charge in [-0.1, -0.05) is 23.7 Å². The number of halogens is 1. The number of carbonyl (C=O) groups excluding carboxylic acids is 1. The first-order valence-corrected chi connectivity index (χ1v) is 12.4. The summed E-state index contributed by atoms with van der Waals surface area (Å²) in [7, 11) is 0. The number of carbonyl (C=O) groups is 1. The van der Waals surface area contributed by atoms with Gasteiger partial charge in [0.2, 0.25) is 5.17 Å². The first kappa shape index (κ1) is 21.9. The molecule has 2 aromatic heterocycles. The zero-order valence-electron chi connectivity index (χ0n) is 18.2. The van der Waals surface area contributed by atoms with Crippen molar-refractivity contribution < 1.29 is 4.79 Å². The van der Waals surface area contributed by atoms with Crippen LogP contribution in [-0.2, 0) is 11.2 Å². The van der Waals surface area contributed by atoms with Crippen LogP contribution in [0.15, 0.2) is 57.4 Å². The standard InChI is InChI=1S/C24H20ClN5OS2/c1-13-10-16(15(3)29(13)20-8-4-7-19(25)14(20)2)11-18-22(26)30-24(27-23(18)31)33-21(28-30)12-17-6-5-9-32-17/h4-11,26H,12H2,1-3H3. The number of hydrogen-bond donors (Lipinski definition) is 1. The van der Waals surface area contributed by atoms with Crippen molar-refractivity contribution in [3.8, 4) is 5.69 Å². The SMILES string of the molecule is Cc1c(Cl)cccc1-n1c(C)cc(C=C2C(=N)N3N=C(Cc4cccs4)SC3=NC2=O)c1C. The lowest BCUT2D eigenvalue weighted by molar-refractivity contribution is -0.114. The molecule has 0 unspecified atom stereocenters. The minimum atomic E-state index is -0.421. The molecule has 5 rings (SSSR count). The molecule has 0 aliphatic carbocycles. The number of rotatable bonds is 4. The zero-order valence-corrected chi connectivity index (χ0v) is 20.6. The second-order valence-corrected chi connectivity index (χ2v) is 10.3. The number of thioether (sulfide) groups is 1. The predicted octanol–water partition coefficient (Wildman–Crippen LogP) is 5.98. The fourth-order valence-corrected chi connectivity index (χ4v) is 5.84. The summed E-state index contributed by atoms with van der Waals surface area (Å²) in [6, 6.07) is 11.9. The predicted molar refractivity (Wildman–Crippen MR) is 138 cm³/mol. The Hall–Kier alpha value is -2.94. The molecule has 1 amide bonds. The van der Waals surface area contributed by atoms with Gasteiger partial charge in [-0.05, 0) is 79.4 Å². The molecule has 33 heavy (non-hydrogen) atoms. The van der Waals surface area contributed by atoms with Gasteiger partial charge in [-0.25, -0.2) is 0 Å². The van der Waals surface area contributed by atoms with Crippen molar-refractivity contribution in [1.29, 1.82) is 5.41 Å². The highest BCUT2D eigenvalue weighted by molar-refractivity contribution is 8.27. The van der Waals surface area contributed by atoms with Gasteiger partial charge < -0.3 is 4.57 Å². The molecular weight excluding hydrogens is 474 g/mol. The Bertz CT molecular complexity index is 1400. The number of aryl methyl sites for hydroxylation is 1. The Morgan fingerprint density at radius 2 is 2.00 bits per heavy atom. The third kappa shape index (κ3) is 3.88. The van der Waals surface area contributed by atoms with E-state index in [2.05, 4.69) is 14.7 Å². The van der Waals surface area contributed by atoms with E-state index < -0.39 is 5.91 Å². The van der Waals surface area contributed by atoms with E-state index in [1.807, 2.05) is 62.5 Å². The first-order valence-electron chi connectivity index (χ1n) is 10.3. The van der Waals surface area contributed by atoms with Crippen LogP contribution in [0.5, 0.6) is 0 Å². The van der Waals surface area contributed by atoms with Crippen LogP contribution in [-0.4, -0.2) is 31.5 Å². The maximum atomic E-state index is 12.8. The summed E-state index contributed by atoms with van der Waals surface area (Å²) < 4.78 is 2.11. The van der Waals surface area contributed by atoms with Crippen molar-refractivity contribution in [3.05, 3.63) is 79.8 Å². The summed E-state index contributed by atoms with van der Waals surface area (Å²) in [6.45, 7) is 5.99. The third-order valence-corrected chi connectivity index (χ3v) is 7.85. The van der Waals surface area contributed by atoms with Crippen molar-refractivity contribution in [1.82, 2.24) is 9.58 Å². The van der Waals surface area contributed by atoms with E-state index in [1.54, 1.807) is 17.4 Å². The summed E-state index contributed by atoms with van der Waals surface area (Å²) in [4.78, 5) is 18.2. The molecule has 0 atom stereocenters. The highest BCUT2D eigenvalue weighted by atomic mass is 35.5. The van der Waals surface area contributed by atoms with Crippen LogP contribution in [0.2, 0.25) is 5.02 Å². The van der Waals surface area contributed by atoms with Gasteiger partial charge in [-0.15, -0.1) is 11.3 Å². The monoisotopic (exact) mass is 493 g/mol. The number of amides is 1. The molecule has 0 saturated carbocycles. The average Bonchev–Trinajstić information content (AvgIpc) is 3.48. The van der Waals surface area contributed by atoms with Gasteiger partial charge in [0, 0.05) is 33.4 Å². The van der Waals surface area contributed by atoms with Crippen molar-refractivity contribution in [2.45, 2.75) is 27.2 Å². The van der Waals surface area contributed by atoms with Gasteiger partial charge in [0.25, 0.3) is 5.91 Å². The minimum absolute atomic E-state index is 0.0439. The maximum absolute atomic E-state index is 12.8. The highest BCUT2D eigenvalue weighted by Crippen LogP contribution is 2.32. The van der Waals surface area contributed by atoms with Crippen LogP contribution < -0.4 is 0 Å². The smallest absolute Gasteiger partial charge is 0.283 e. The molecule has 0 fully saturated rings. The summed E-state index contributed by atoms with van der Waals surface area (Å²) in [6.07, 6.45) is 2.40. The van der Waals surface area contributed by atoms with E-state index >= 15 is 0 Å². The van der Waals surface area contributed by atoms with E-state index in [0.717, 1.165) is 33.2 Å². The molecular formula is C24H20ClN5OS2. The zero-order chi connectivity index (χ0) is 23.3. The van der Waals surface area contributed by atoms with Crippen LogP contribution >= 0.6 is 34.7 Å². The molecule has 2 aliphatic rings. The summed E-state index contributed by atoms with van der Waals surface area (Å²) in [5, 5.41) is 18.7. The Morgan fingerprint density at radius 3 is 2.76 bits per heavy atom. The van der Waals surface area contributed by atoms with Gasteiger partial charge in [0.05, 0.1) is 5.57 Å². The van der Waals surface area contributed by atoms with Crippen molar-refractivity contribution >= 4 is 62.7 Å². The molecule has 1 N–H and O–H groups in total. The number of aliphatic imine (C=N–C) groups is 1. The van der Waals surface area contributed by atoms with Gasteiger partial charge in [-0.2, -0.15) is 15.1 Å². The Kier molecular flexibility index (Phi) is 5.60. The van der Waals surface area contributed by atoms with E-state index in [4.69, 9.17) is 17.0 Å². The second-order valence-electron chi connectivity index (χ2n) is 7.82. The quantitative estimate of drug-likeness (QED) is 0.454. The number of thiophene rings is 1. The Morgan fingerprint density at radius 1 is 1.18 bits per heavy atom. The van der Waals surface area contributed by atoms with Crippen molar-refractivity contribution in [2.75, 3.05) is 0 Å². The van der Waals surface area contributed by atoms with E-state index in [0.29, 0.717) is 16.6 Å². The molecule has 4 heterocycles. The van der Waals surface area contributed by atoms with E-state index in [9.17, 15) is 4.79 Å². The lowest BCUT2D eigenvalue weighted by Crippen LogP contribution is -2.35. The Balaban J connectivity index is 1.49. The van der Waals surface area contributed by atoms with Crippen molar-refractivity contribution in [3.63, 3.8) is 0 Å². The number of hydrogen-bond acceptors (Lipinski definition) is 5. The molecule has 0 spiro atoms. The third-order valence-electron chi connectivity index (χ3n) is 5.65. The number of aromatic nitrogens is 1. The van der Waals surface area contributed by atoms with Gasteiger partial charge in [0.1, 0.15) is 5.04 Å². The molecule has 0 radical (unpaired) electrons. The van der Waals surface area contributed by atoms with Gasteiger partial charge >= 0.3 is 0 Å². The van der Waals surface area contributed by atoms with Gasteiger partial charge in [0.15, 0.2) is 5.84 Å². The highest BCUT2D eigenvalue weighted by Gasteiger charge is 2.35. The van der Waals surface area contributed by atoms with Crippen LogP contribution in [0, 0.1) is 26.2 Å². The average molecular weight is 494 g/mol. The summed E-state index contributed by atoms with van der Waals surface area (Å²) in [5.74, 6) is -0.377. The van der Waals surface area contributed by atoms with Gasteiger partial charge in [-0.3, -0.25) is 10.2 Å². The first-order chi connectivity index (χ1) is 15.8. The molecule has 2 aliphatic heterocycles. The molecule has 166 valence electrons. The summed E-state index contributed by atoms with van der Waals surface area (Å²) >= 11 is 9.35. The number of benzene rings is 1. The largest absolute Gasteiger partial charge is 0.318 e. The summed E-state index contributed by atoms with van der Waals surface area (Å²) in [5.41, 5.74) is 5.02. The van der Waals surface area contributed by atoms with Crippen LogP contribution in [0.1, 0.15) is 27.4 Å². The molecule has 1 aromatic carbocycles. The molecule has 3 aromatic rings.